The van der Waals surface area contributed by atoms with Crippen molar-refractivity contribution in [1.82, 2.24) is 0 Å². The van der Waals surface area contributed by atoms with Crippen molar-refractivity contribution in [2.45, 2.75) is 0 Å². The molecule has 0 aliphatic heterocycles. The van der Waals surface area contributed by atoms with Gasteiger partial charge in [0.2, 0.25) is 0 Å². The molecule has 0 unspecified atom stereocenters. The quantitative estimate of drug-likeness (QED) is 0.705. The zero-order chi connectivity index (χ0) is 12.0. The molecule has 1 aromatic rings. The molecule has 0 radical (unpaired) electrons. The maximum absolute atomic E-state index is 11.4. The number of ether oxygens (including phenoxy) is 2. The minimum Gasteiger partial charge on any atom is -0.466 e. The fourth-order valence-electron chi connectivity index (χ4n) is 0.948. The molecule has 1 rings (SSSR count). The summed E-state index contributed by atoms with van der Waals surface area (Å²) in [7, 11) is 1.21. The third kappa shape index (κ3) is 3.10. The average Bonchev–Trinajstić information content (AvgIpc) is 2.35. The van der Waals surface area contributed by atoms with Crippen LogP contribution in [-0.4, -0.2) is 25.7 Å². The van der Waals surface area contributed by atoms with E-state index < -0.39 is 18.5 Å². The van der Waals surface area contributed by atoms with Crippen LogP contribution in [0.2, 0.25) is 0 Å². The Balaban J connectivity index is 2.60. The summed E-state index contributed by atoms with van der Waals surface area (Å²) < 4.78 is 8.97. The van der Waals surface area contributed by atoms with E-state index in [1.165, 1.54) is 31.4 Å². The van der Waals surface area contributed by atoms with Gasteiger partial charge in [0.05, 0.1) is 24.3 Å². The van der Waals surface area contributed by atoms with Crippen molar-refractivity contribution in [3.8, 4) is 6.07 Å². The summed E-state index contributed by atoms with van der Waals surface area (Å²) in [5.74, 6) is -1.25. The lowest BCUT2D eigenvalue weighted by Gasteiger charge is -2.02. The second kappa shape index (κ2) is 5.51. The second-order valence-corrected chi connectivity index (χ2v) is 2.84. The van der Waals surface area contributed by atoms with Gasteiger partial charge in [0.25, 0.3) is 0 Å². The maximum atomic E-state index is 11.4. The van der Waals surface area contributed by atoms with Gasteiger partial charge in [-0.15, -0.1) is 0 Å². The predicted octanol–water partition coefficient (Wildman–Crippen LogP) is 0.888. The predicted molar refractivity (Wildman–Crippen MR) is 53.5 cm³/mol. The minimum atomic E-state index is -0.630. The molecule has 0 saturated carbocycles. The highest BCUT2D eigenvalue weighted by Gasteiger charge is 2.09. The molecule has 5 heteroatoms. The van der Waals surface area contributed by atoms with Crippen molar-refractivity contribution in [3.05, 3.63) is 35.4 Å². The molecule has 0 atom stereocenters. The fourth-order valence-corrected chi connectivity index (χ4v) is 0.948. The largest absolute Gasteiger partial charge is 0.466 e. The van der Waals surface area contributed by atoms with Crippen molar-refractivity contribution in [2.75, 3.05) is 13.7 Å². The number of nitrogens with zero attached hydrogens (tertiary/aromatic N) is 1. The van der Waals surface area contributed by atoms with Crippen LogP contribution in [0, 0.1) is 11.3 Å². The zero-order valence-corrected chi connectivity index (χ0v) is 8.60. The number of hydrogen-bond donors (Lipinski definition) is 0. The van der Waals surface area contributed by atoms with Gasteiger partial charge in [0.1, 0.15) is 0 Å². The highest BCUT2D eigenvalue weighted by molar-refractivity contribution is 5.90. The molecule has 0 heterocycles. The van der Waals surface area contributed by atoms with Gasteiger partial charge in [0.15, 0.2) is 6.61 Å². The number of carbonyl (C=O) groups excluding carboxylic acids is 2. The number of methoxy groups -OCH3 is 1. The van der Waals surface area contributed by atoms with E-state index in [2.05, 4.69) is 9.47 Å². The Morgan fingerprint density at radius 2 is 1.94 bits per heavy atom. The Bertz CT molecular complexity index is 430. The summed E-state index contributed by atoms with van der Waals surface area (Å²) in [6.07, 6.45) is 0. The van der Waals surface area contributed by atoms with Crippen molar-refractivity contribution >= 4 is 11.9 Å². The van der Waals surface area contributed by atoms with Gasteiger partial charge < -0.3 is 9.47 Å². The van der Waals surface area contributed by atoms with Crippen molar-refractivity contribution in [2.24, 2.45) is 0 Å². The molecule has 0 spiro atoms. The standard InChI is InChI=1S/C11H9NO4/c1-15-10(13)7-16-11(14)9-4-2-8(6-12)3-5-9/h2-5H,7H2,1H3. The first kappa shape index (κ1) is 11.7. The topological polar surface area (TPSA) is 76.4 Å². The van der Waals surface area contributed by atoms with Gasteiger partial charge >= 0.3 is 11.9 Å². The van der Waals surface area contributed by atoms with E-state index in [-0.39, 0.29) is 5.56 Å². The summed E-state index contributed by atoms with van der Waals surface area (Å²) >= 11 is 0. The minimum absolute atomic E-state index is 0.280. The molecule has 0 aromatic heterocycles. The molecule has 0 bridgehead atoms. The zero-order valence-electron chi connectivity index (χ0n) is 8.60. The Morgan fingerprint density at radius 1 is 1.31 bits per heavy atom. The van der Waals surface area contributed by atoms with Crippen LogP contribution in [0.4, 0.5) is 0 Å². The normalized spacial score (nSPS) is 9.00. The van der Waals surface area contributed by atoms with Gasteiger partial charge in [-0.3, -0.25) is 0 Å². The molecule has 1 aromatic carbocycles. The van der Waals surface area contributed by atoms with E-state index in [1.54, 1.807) is 0 Å². The molecule has 82 valence electrons. The molecule has 0 saturated heterocycles. The van der Waals surface area contributed by atoms with E-state index >= 15 is 0 Å². The lowest BCUT2D eigenvalue weighted by atomic mass is 10.1. The molecule has 0 aliphatic carbocycles. The maximum Gasteiger partial charge on any atom is 0.344 e. The average molecular weight is 219 g/mol. The number of hydrogen-bond acceptors (Lipinski definition) is 5. The first-order valence-corrected chi connectivity index (χ1v) is 4.41. The highest BCUT2D eigenvalue weighted by Crippen LogP contribution is 2.04. The Morgan fingerprint density at radius 3 is 2.44 bits per heavy atom. The Kier molecular flexibility index (Phi) is 4.04. The van der Waals surface area contributed by atoms with Crippen LogP contribution in [0.5, 0.6) is 0 Å². The van der Waals surface area contributed by atoms with E-state index in [0.29, 0.717) is 5.56 Å². The molecule has 16 heavy (non-hydrogen) atoms. The van der Waals surface area contributed by atoms with Crippen LogP contribution >= 0.6 is 0 Å². The monoisotopic (exact) mass is 219 g/mol. The SMILES string of the molecule is COC(=O)COC(=O)c1ccc(C#N)cc1. The molecular formula is C11H9NO4. The van der Waals surface area contributed by atoms with Crippen molar-refractivity contribution < 1.29 is 19.1 Å². The van der Waals surface area contributed by atoms with Crippen LogP contribution in [0.1, 0.15) is 15.9 Å². The summed E-state index contributed by atoms with van der Waals surface area (Å²) in [6.45, 7) is -0.421. The fraction of sp³-hybridized carbons (Fsp3) is 0.182. The van der Waals surface area contributed by atoms with Crippen LogP contribution in [0.25, 0.3) is 0 Å². The van der Waals surface area contributed by atoms with Crippen molar-refractivity contribution in [1.29, 1.82) is 5.26 Å². The summed E-state index contributed by atoms with van der Waals surface area (Å²) in [4.78, 5) is 22.1. The van der Waals surface area contributed by atoms with E-state index in [9.17, 15) is 9.59 Å². The van der Waals surface area contributed by atoms with E-state index in [1.807, 2.05) is 6.07 Å². The third-order valence-electron chi connectivity index (χ3n) is 1.80. The van der Waals surface area contributed by atoms with Crippen LogP contribution < -0.4 is 0 Å². The number of benzene rings is 1. The first-order valence-electron chi connectivity index (χ1n) is 4.41. The Hall–Kier alpha value is -2.35. The summed E-state index contributed by atoms with van der Waals surface area (Å²) in [5, 5.41) is 8.55. The van der Waals surface area contributed by atoms with E-state index in [0.717, 1.165) is 0 Å². The van der Waals surface area contributed by atoms with Crippen LogP contribution in [0.15, 0.2) is 24.3 Å². The van der Waals surface area contributed by atoms with Crippen LogP contribution in [0.3, 0.4) is 0 Å². The smallest absolute Gasteiger partial charge is 0.344 e. The highest BCUT2D eigenvalue weighted by atomic mass is 16.6. The number of esters is 2. The Labute approximate surface area is 92.2 Å². The number of nitriles is 1. The van der Waals surface area contributed by atoms with Crippen LogP contribution in [-0.2, 0) is 14.3 Å². The van der Waals surface area contributed by atoms with Crippen molar-refractivity contribution in [3.63, 3.8) is 0 Å². The molecule has 0 fully saturated rings. The lowest BCUT2D eigenvalue weighted by molar-refractivity contribution is -0.144. The van der Waals surface area contributed by atoms with Gasteiger partial charge in [-0.25, -0.2) is 9.59 Å². The van der Waals surface area contributed by atoms with Gasteiger partial charge in [-0.05, 0) is 24.3 Å². The molecule has 0 aliphatic rings. The molecule has 5 nitrogen and oxygen atoms in total. The summed E-state index contributed by atoms with van der Waals surface area (Å²) in [5.41, 5.74) is 0.729. The third-order valence-corrected chi connectivity index (χ3v) is 1.80. The summed E-state index contributed by atoms with van der Waals surface area (Å²) in [6, 6.07) is 7.83. The molecule has 0 N–H and O–H groups in total. The van der Waals surface area contributed by atoms with Gasteiger partial charge in [-0.2, -0.15) is 5.26 Å². The van der Waals surface area contributed by atoms with Gasteiger partial charge in [-0.1, -0.05) is 0 Å². The lowest BCUT2D eigenvalue weighted by Crippen LogP contribution is -2.15. The number of carbonyl (C=O) groups is 2. The number of rotatable bonds is 3. The molecule has 0 amide bonds. The van der Waals surface area contributed by atoms with E-state index in [4.69, 9.17) is 5.26 Å². The molecular weight excluding hydrogens is 210 g/mol. The van der Waals surface area contributed by atoms with Gasteiger partial charge in [0, 0.05) is 0 Å². The second-order valence-electron chi connectivity index (χ2n) is 2.84. The first-order chi connectivity index (χ1) is 7.67.